The van der Waals surface area contributed by atoms with Crippen LogP contribution in [0.3, 0.4) is 0 Å². The van der Waals surface area contributed by atoms with E-state index in [-0.39, 0.29) is 11.6 Å². The molecule has 0 atom stereocenters. The number of fused-ring (bicyclic) bond motifs is 1. The molecule has 5 heteroatoms. The van der Waals surface area contributed by atoms with Crippen LogP contribution in [0.1, 0.15) is 24.4 Å². The highest BCUT2D eigenvalue weighted by molar-refractivity contribution is 5.74. The zero-order valence-electron chi connectivity index (χ0n) is 11.9. The van der Waals surface area contributed by atoms with Gasteiger partial charge in [-0.3, -0.25) is 9.36 Å². The van der Waals surface area contributed by atoms with Crippen LogP contribution in [0.25, 0.3) is 22.4 Å². The quantitative estimate of drug-likeness (QED) is 0.745. The molecule has 1 aliphatic carbocycles. The third-order valence-electron chi connectivity index (χ3n) is 3.94. The van der Waals surface area contributed by atoms with Gasteiger partial charge in [-0.25, -0.2) is 14.4 Å². The minimum Gasteiger partial charge on any atom is -0.286 e. The Hall–Kier alpha value is -2.56. The SMILES string of the molecule is O=c1c(-c2ccc(CF)cc2)nc2cccnc2n1C1CC1. The molecule has 0 aliphatic heterocycles. The Morgan fingerprint density at radius 2 is 1.95 bits per heavy atom. The van der Waals surface area contributed by atoms with Crippen LogP contribution in [-0.4, -0.2) is 14.5 Å². The largest absolute Gasteiger partial charge is 0.286 e. The third-order valence-corrected chi connectivity index (χ3v) is 3.94. The van der Waals surface area contributed by atoms with Gasteiger partial charge in [-0.2, -0.15) is 0 Å². The van der Waals surface area contributed by atoms with Gasteiger partial charge in [-0.1, -0.05) is 24.3 Å². The highest BCUT2D eigenvalue weighted by Gasteiger charge is 2.28. The number of rotatable bonds is 3. The van der Waals surface area contributed by atoms with E-state index in [1.807, 2.05) is 12.1 Å². The summed E-state index contributed by atoms with van der Waals surface area (Å²) in [5.41, 5.74) is 2.92. The summed E-state index contributed by atoms with van der Waals surface area (Å²) < 4.78 is 14.4. The summed E-state index contributed by atoms with van der Waals surface area (Å²) in [6.45, 7) is -0.512. The molecule has 0 bridgehead atoms. The van der Waals surface area contributed by atoms with Crippen LogP contribution in [0.4, 0.5) is 4.39 Å². The number of benzene rings is 1. The van der Waals surface area contributed by atoms with Crippen LogP contribution < -0.4 is 5.56 Å². The van der Waals surface area contributed by atoms with Gasteiger partial charge < -0.3 is 0 Å². The van der Waals surface area contributed by atoms with Crippen molar-refractivity contribution in [1.82, 2.24) is 14.5 Å². The van der Waals surface area contributed by atoms with Gasteiger partial charge >= 0.3 is 0 Å². The molecule has 2 heterocycles. The first-order valence-electron chi connectivity index (χ1n) is 7.30. The average Bonchev–Trinajstić information content (AvgIpc) is 3.39. The molecule has 0 spiro atoms. The van der Waals surface area contributed by atoms with Gasteiger partial charge in [0.1, 0.15) is 17.9 Å². The minimum atomic E-state index is -0.512. The topological polar surface area (TPSA) is 47.8 Å². The summed E-state index contributed by atoms with van der Waals surface area (Å²) in [7, 11) is 0. The van der Waals surface area contributed by atoms with E-state index in [9.17, 15) is 9.18 Å². The fourth-order valence-corrected chi connectivity index (χ4v) is 2.65. The number of halogens is 1. The van der Waals surface area contributed by atoms with E-state index in [0.717, 1.165) is 12.8 Å². The molecule has 0 amide bonds. The van der Waals surface area contributed by atoms with Gasteiger partial charge in [0.05, 0.1) is 0 Å². The van der Waals surface area contributed by atoms with Crippen molar-refractivity contribution in [2.75, 3.05) is 0 Å². The lowest BCUT2D eigenvalue weighted by molar-refractivity contribution is 0.485. The normalized spacial score (nSPS) is 14.4. The molecule has 4 nitrogen and oxygen atoms in total. The van der Waals surface area contributed by atoms with Crippen molar-refractivity contribution in [1.29, 1.82) is 0 Å². The first-order valence-corrected chi connectivity index (χ1v) is 7.30. The smallest absolute Gasteiger partial charge is 0.278 e. The van der Waals surface area contributed by atoms with E-state index in [1.54, 1.807) is 35.0 Å². The number of hydrogen-bond acceptors (Lipinski definition) is 3. The molecule has 1 aromatic carbocycles. The van der Waals surface area contributed by atoms with Crippen LogP contribution in [0, 0.1) is 0 Å². The van der Waals surface area contributed by atoms with Gasteiger partial charge in [-0.05, 0) is 30.5 Å². The van der Waals surface area contributed by atoms with Crippen LogP contribution in [0.15, 0.2) is 47.4 Å². The summed E-state index contributed by atoms with van der Waals surface area (Å²) in [4.78, 5) is 21.6. The second-order valence-electron chi connectivity index (χ2n) is 5.54. The van der Waals surface area contributed by atoms with E-state index in [4.69, 9.17) is 0 Å². The molecule has 0 N–H and O–H groups in total. The van der Waals surface area contributed by atoms with E-state index < -0.39 is 6.67 Å². The van der Waals surface area contributed by atoms with E-state index >= 15 is 0 Å². The molecule has 0 saturated heterocycles. The van der Waals surface area contributed by atoms with E-state index in [1.165, 1.54) is 0 Å². The standard InChI is InChI=1S/C17H14FN3O/c18-10-11-3-5-12(6-4-11)15-17(22)21(13-7-8-13)16-14(20-15)2-1-9-19-16/h1-6,9,13H,7-8,10H2. The molecule has 1 aliphatic rings. The number of hydrogen-bond donors (Lipinski definition) is 0. The van der Waals surface area contributed by atoms with E-state index in [2.05, 4.69) is 9.97 Å². The minimum absolute atomic E-state index is 0.123. The van der Waals surface area contributed by atoms with Crippen molar-refractivity contribution < 1.29 is 4.39 Å². The summed E-state index contributed by atoms with van der Waals surface area (Å²) >= 11 is 0. The maximum atomic E-state index is 12.8. The van der Waals surface area contributed by atoms with Crippen LogP contribution in [0.5, 0.6) is 0 Å². The predicted molar refractivity (Wildman–Crippen MR) is 82.3 cm³/mol. The van der Waals surface area contributed by atoms with Gasteiger partial charge in [-0.15, -0.1) is 0 Å². The molecule has 0 unspecified atom stereocenters. The Balaban J connectivity index is 1.97. The molecule has 1 fully saturated rings. The van der Waals surface area contributed by atoms with Gasteiger partial charge in [0.2, 0.25) is 0 Å². The summed E-state index contributed by atoms with van der Waals surface area (Å²) in [5.74, 6) is 0. The Morgan fingerprint density at radius 3 is 2.64 bits per heavy atom. The third kappa shape index (κ3) is 2.09. The Bertz CT molecular complexity index is 898. The second kappa shape index (κ2) is 5.02. The van der Waals surface area contributed by atoms with Crippen LogP contribution in [-0.2, 0) is 6.67 Å². The number of alkyl halides is 1. The Labute approximate surface area is 126 Å². The molecular formula is C17H14FN3O. The van der Waals surface area contributed by atoms with Crippen LogP contribution >= 0.6 is 0 Å². The fraction of sp³-hybridized carbons (Fsp3) is 0.235. The van der Waals surface area contributed by atoms with Crippen molar-refractivity contribution in [2.24, 2.45) is 0 Å². The number of aromatic nitrogens is 3. The summed E-state index contributed by atoms with van der Waals surface area (Å²) in [6, 6.07) is 10.8. The number of nitrogens with zero attached hydrogens (tertiary/aromatic N) is 3. The summed E-state index contributed by atoms with van der Waals surface area (Å²) in [6.07, 6.45) is 3.67. The Kier molecular flexibility index (Phi) is 2.99. The van der Waals surface area contributed by atoms with Crippen molar-refractivity contribution in [3.63, 3.8) is 0 Å². The predicted octanol–water partition coefficient (Wildman–Crippen LogP) is 3.26. The molecule has 0 radical (unpaired) electrons. The molecule has 4 rings (SSSR count). The first-order chi connectivity index (χ1) is 10.8. The molecule has 1 saturated carbocycles. The Morgan fingerprint density at radius 1 is 1.18 bits per heavy atom. The van der Waals surface area contributed by atoms with E-state index in [0.29, 0.717) is 28.0 Å². The van der Waals surface area contributed by atoms with Crippen LogP contribution in [0.2, 0.25) is 0 Å². The zero-order valence-corrected chi connectivity index (χ0v) is 11.9. The van der Waals surface area contributed by atoms with Gasteiger partial charge in [0.25, 0.3) is 5.56 Å². The maximum Gasteiger partial charge on any atom is 0.278 e. The molecular weight excluding hydrogens is 281 g/mol. The zero-order chi connectivity index (χ0) is 15.1. The van der Waals surface area contributed by atoms with Gasteiger partial charge in [0, 0.05) is 17.8 Å². The fourth-order valence-electron chi connectivity index (χ4n) is 2.65. The highest BCUT2D eigenvalue weighted by Crippen LogP contribution is 2.35. The first kappa shape index (κ1) is 13.1. The molecule has 110 valence electrons. The molecule has 3 aromatic rings. The molecule has 22 heavy (non-hydrogen) atoms. The second-order valence-corrected chi connectivity index (χ2v) is 5.54. The summed E-state index contributed by atoms with van der Waals surface area (Å²) in [5, 5.41) is 0. The lowest BCUT2D eigenvalue weighted by atomic mass is 10.1. The number of pyridine rings is 1. The van der Waals surface area contributed by atoms with Crippen molar-refractivity contribution in [3.05, 3.63) is 58.5 Å². The van der Waals surface area contributed by atoms with Crippen molar-refractivity contribution in [3.8, 4) is 11.3 Å². The maximum absolute atomic E-state index is 12.8. The lowest BCUT2D eigenvalue weighted by Crippen LogP contribution is -2.23. The highest BCUT2D eigenvalue weighted by atomic mass is 19.1. The lowest BCUT2D eigenvalue weighted by Gasteiger charge is -2.10. The molecule has 2 aromatic heterocycles. The monoisotopic (exact) mass is 295 g/mol. The van der Waals surface area contributed by atoms with Crippen molar-refractivity contribution in [2.45, 2.75) is 25.6 Å². The average molecular weight is 295 g/mol. The van der Waals surface area contributed by atoms with Crippen molar-refractivity contribution >= 4 is 11.2 Å². The van der Waals surface area contributed by atoms with Gasteiger partial charge in [0.15, 0.2) is 5.65 Å².